The van der Waals surface area contributed by atoms with Gasteiger partial charge in [0.1, 0.15) is 17.3 Å². The molecule has 6 heteroatoms. The molecule has 3 heterocycles. The Balaban J connectivity index is 1.88. The van der Waals surface area contributed by atoms with Crippen LogP contribution < -0.4 is 16.4 Å². The van der Waals surface area contributed by atoms with E-state index in [1.165, 1.54) is 5.56 Å². The van der Waals surface area contributed by atoms with Crippen molar-refractivity contribution >= 4 is 11.8 Å². The molecule has 116 valence electrons. The lowest BCUT2D eigenvalue weighted by atomic mass is 10.1. The highest BCUT2D eigenvalue weighted by Crippen LogP contribution is 2.38. The zero-order chi connectivity index (χ0) is 15.3. The Morgan fingerprint density at radius 1 is 1.32 bits per heavy atom. The van der Waals surface area contributed by atoms with Gasteiger partial charge in [0.05, 0.1) is 5.69 Å². The maximum atomic E-state index is 6.06. The van der Waals surface area contributed by atoms with Crippen molar-refractivity contribution in [3.8, 4) is 11.3 Å². The van der Waals surface area contributed by atoms with Gasteiger partial charge < -0.3 is 20.8 Å². The molecule has 0 amide bonds. The van der Waals surface area contributed by atoms with Gasteiger partial charge in [-0.25, -0.2) is 4.98 Å². The molecule has 1 saturated heterocycles. The zero-order valence-corrected chi connectivity index (χ0v) is 12.8. The Morgan fingerprint density at radius 2 is 2.18 bits per heavy atom. The van der Waals surface area contributed by atoms with Gasteiger partial charge in [-0.1, -0.05) is 0 Å². The minimum atomic E-state index is 0.212. The maximum absolute atomic E-state index is 6.06. The smallest absolute Gasteiger partial charge is 0.222 e. The van der Waals surface area contributed by atoms with Crippen LogP contribution in [0, 0.1) is 6.92 Å². The van der Waals surface area contributed by atoms with Gasteiger partial charge in [0.15, 0.2) is 0 Å². The second-order valence-electron chi connectivity index (χ2n) is 6.27. The molecule has 0 saturated carbocycles. The van der Waals surface area contributed by atoms with Gasteiger partial charge >= 0.3 is 0 Å². The van der Waals surface area contributed by atoms with Crippen LogP contribution in [0.25, 0.3) is 11.3 Å². The van der Waals surface area contributed by atoms with Crippen LogP contribution in [0.5, 0.6) is 0 Å². The molecule has 1 aliphatic carbocycles. The summed E-state index contributed by atoms with van der Waals surface area (Å²) in [5.41, 5.74) is 15.2. The van der Waals surface area contributed by atoms with Crippen LogP contribution in [-0.2, 0) is 12.8 Å². The van der Waals surface area contributed by atoms with Crippen molar-refractivity contribution in [1.29, 1.82) is 0 Å². The number of hydrogen-bond donors (Lipinski definition) is 2. The summed E-state index contributed by atoms with van der Waals surface area (Å²) in [4.78, 5) is 11.3. The number of rotatable bonds is 1. The van der Waals surface area contributed by atoms with Crippen LogP contribution >= 0.6 is 0 Å². The van der Waals surface area contributed by atoms with E-state index in [1.807, 2.05) is 6.92 Å². The van der Waals surface area contributed by atoms with Gasteiger partial charge in [0.25, 0.3) is 0 Å². The fourth-order valence-corrected chi connectivity index (χ4v) is 3.56. The van der Waals surface area contributed by atoms with Gasteiger partial charge in [-0.05, 0) is 32.3 Å². The summed E-state index contributed by atoms with van der Waals surface area (Å²) in [5.74, 6) is 3.21. The maximum Gasteiger partial charge on any atom is 0.222 e. The normalized spacial score (nSPS) is 20.6. The summed E-state index contributed by atoms with van der Waals surface area (Å²) in [5, 5.41) is 0. The minimum Gasteiger partial charge on any atom is -0.466 e. The van der Waals surface area contributed by atoms with Crippen LogP contribution in [0.15, 0.2) is 10.5 Å². The second kappa shape index (κ2) is 4.98. The Labute approximate surface area is 129 Å². The van der Waals surface area contributed by atoms with Crippen molar-refractivity contribution in [2.45, 2.75) is 38.6 Å². The van der Waals surface area contributed by atoms with Gasteiger partial charge in [-0.15, -0.1) is 0 Å². The highest BCUT2D eigenvalue weighted by Gasteiger charge is 2.28. The molecule has 2 aliphatic rings. The number of nitrogens with zero attached hydrogens (tertiary/aromatic N) is 3. The molecular weight excluding hydrogens is 278 g/mol. The number of fused-ring (bicyclic) bond motifs is 3. The van der Waals surface area contributed by atoms with E-state index in [-0.39, 0.29) is 6.04 Å². The molecule has 2 aromatic rings. The monoisotopic (exact) mass is 299 g/mol. The van der Waals surface area contributed by atoms with Gasteiger partial charge in [0.2, 0.25) is 5.95 Å². The van der Waals surface area contributed by atoms with Crippen LogP contribution in [0.3, 0.4) is 0 Å². The lowest BCUT2D eigenvalue weighted by molar-refractivity contribution is 0.480. The Hall–Kier alpha value is -2.08. The molecule has 1 aliphatic heterocycles. The van der Waals surface area contributed by atoms with E-state index in [9.17, 15) is 0 Å². The number of hydrogen-bond acceptors (Lipinski definition) is 6. The first-order valence-corrected chi connectivity index (χ1v) is 7.88. The van der Waals surface area contributed by atoms with Crippen molar-refractivity contribution < 1.29 is 4.42 Å². The molecule has 22 heavy (non-hydrogen) atoms. The average Bonchev–Trinajstić information content (AvgIpc) is 3.02. The number of nitrogen functional groups attached to an aromatic ring is 1. The summed E-state index contributed by atoms with van der Waals surface area (Å²) in [6.07, 6.45) is 3.90. The first kappa shape index (κ1) is 13.6. The molecule has 1 fully saturated rings. The van der Waals surface area contributed by atoms with Crippen molar-refractivity contribution in [3.63, 3.8) is 0 Å². The van der Waals surface area contributed by atoms with E-state index in [1.54, 1.807) is 0 Å². The minimum absolute atomic E-state index is 0.212. The molecule has 0 radical (unpaired) electrons. The predicted molar refractivity (Wildman–Crippen MR) is 85.7 cm³/mol. The molecule has 4 N–H and O–H groups in total. The van der Waals surface area contributed by atoms with Crippen molar-refractivity contribution in [2.24, 2.45) is 5.73 Å². The van der Waals surface area contributed by atoms with Gasteiger partial charge in [-0.3, -0.25) is 0 Å². The summed E-state index contributed by atoms with van der Waals surface area (Å²) < 4.78 is 5.83. The van der Waals surface area contributed by atoms with E-state index in [4.69, 9.17) is 15.9 Å². The Bertz CT molecular complexity index is 724. The third kappa shape index (κ3) is 2.14. The molecule has 6 nitrogen and oxygen atoms in total. The van der Waals surface area contributed by atoms with Gasteiger partial charge in [0, 0.05) is 36.7 Å². The molecule has 0 unspecified atom stereocenters. The van der Waals surface area contributed by atoms with E-state index in [2.05, 4.69) is 20.9 Å². The first-order chi connectivity index (χ1) is 10.6. The van der Waals surface area contributed by atoms with Crippen molar-refractivity contribution in [1.82, 2.24) is 9.97 Å². The highest BCUT2D eigenvalue weighted by atomic mass is 16.3. The van der Waals surface area contributed by atoms with Crippen LogP contribution in [-0.4, -0.2) is 29.1 Å². The lowest BCUT2D eigenvalue weighted by Crippen LogP contribution is -2.28. The van der Waals surface area contributed by atoms with Crippen LogP contribution in [0.2, 0.25) is 0 Å². The quantitative estimate of drug-likeness (QED) is 0.831. The van der Waals surface area contributed by atoms with E-state index in [0.717, 1.165) is 67.4 Å². The fraction of sp³-hybridized carbons (Fsp3) is 0.500. The van der Waals surface area contributed by atoms with Crippen LogP contribution in [0.1, 0.15) is 29.9 Å². The number of aromatic nitrogens is 2. The fourth-order valence-electron chi connectivity index (χ4n) is 3.56. The molecule has 0 spiro atoms. The van der Waals surface area contributed by atoms with E-state index in [0.29, 0.717) is 5.95 Å². The molecule has 0 aromatic carbocycles. The molecular formula is C16H21N5O. The third-order valence-corrected chi connectivity index (χ3v) is 4.54. The highest BCUT2D eigenvalue weighted by molar-refractivity contribution is 5.73. The number of anilines is 2. The molecule has 1 atom stereocenters. The van der Waals surface area contributed by atoms with Gasteiger partial charge in [-0.2, -0.15) is 4.98 Å². The molecule has 0 bridgehead atoms. The molecule has 2 aromatic heterocycles. The lowest BCUT2D eigenvalue weighted by Gasteiger charge is -2.21. The van der Waals surface area contributed by atoms with Crippen molar-refractivity contribution in [2.75, 3.05) is 23.7 Å². The molecule has 4 rings (SSSR count). The topological polar surface area (TPSA) is 94.2 Å². The summed E-state index contributed by atoms with van der Waals surface area (Å²) >= 11 is 0. The SMILES string of the molecule is Cc1cc2c(o1)CCCc1c-2nc(N)nc1N1CC[C@@H](N)C1. The second-order valence-corrected chi connectivity index (χ2v) is 6.27. The first-order valence-electron chi connectivity index (χ1n) is 7.88. The standard InChI is InChI=1S/C16H21N5O/c1-9-7-12-13(22-9)4-2-3-11-14(12)19-16(18)20-15(11)21-6-5-10(17)8-21/h7,10H,2-6,8,17H2,1H3,(H2,18,19,20)/t10-/m1/s1. The largest absolute Gasteiger partial charge is 0.466 e. The van der Waals surface area contributed by atoms with Crippen molar-refractivity contribution in [3.05, 3.63) is 23.2 Å². The average molecular weight is 299 g/mol. The Morgan fingerprint density at radius 3 is 2.95 bits per heavy atom. The summed E-state index contributed by atoms with van der Waals surface area (Å²) in [6.45, 7) is 3.74. The summed E-state index contributed by atoms with van der Waals surface area (Å²) in [6, 6.07) is 2.27. The number of furan rings is 1. The number of nitrogens with two attached hydrogens (primary N) is 2. The van der Waals surface area contributed by atoms with E-state index < -0.39 is 0 Å². The summed E-state index contributed by atoms with van der Waals surface area (Å²) in [7, 11) is 0. The zero-order valence-electron chi connectivity index (χ0n) is 12.8. The van der Waals surface area contributed by atoms with E-state index >= 15 is 0 Å². The van der Waals surface area contributed by atoms with Crippen LogP contribution in [0.4, 0.5) is 11.8 Å². The third-order valence-electron chi connectivity index (χ3n) is 4.54. The Kier molecular flexibility index (Phi) is 3.07. The predicted octanol–water partition coefficient (Wildman–Crippen LogP) is 1.65. The number of aryl methyl sites for hydroxylation is 2.